The van der Waals surface area contributed by atoms with Gasteiger partial charge in [-0.15, -0.1) is 0 Å². The fraction of sp³-hybridized carbons (Fsp3) is 0.350. The number of nitrogens with one attached hydrogen (secondary N) is 1. The molecule has 0 radical (unpaired) electrons. The normalized spacial score (nSPS) is 15.9. The lowest BCUT2D eigenvalue weighted by Crippen LogP contribution is -2.51. The molecule has 1 fully saturated rings. The molecule has 0 unspecified atom stereocenters. The SMILES string of the molecule is Cc1ccc(NC(=S)N2CCN(S(=O)(=O)c3cc(C(F)(F)F)cc(C(F)(F)F)c3)CC2)cc1Cl. The second-order valence-corrected chi connectivity index (χ2v) is 10.3. The van der Waals surface area contributed by atoms with Crippen LogP contribution in [-0.2, 0) is 22.4 Å². The van der Waals surface area contributed by atoms with E-state index < -0.39 is 38.4 Å². The Labute approximate surface area is 202 Å². The number of alkyl halides is 6. The first kappa shape index (κ1) is 26.5. The van der Waals surface area contributed by atoms with Crippen LogP contribution in [0.1, 0.15) is 16.7 Å². The predicted molar refractivity (Wildman–Crippen MR) is 119 cm³/mol. The fourth-order valence-electron chi connectivity index (χ4n) is 3.23. The number of anilines is 1. The number of benzene rings is 2. The topological polar surface area (TPSA) is 52.6 Å². The molecule has 186 valence electrons. The Bertz CT molecular complexity index is 1160. The maximum absolute atomic E-state index is 13.1. The van der Waals surface area contributed by atoms with Gasteiger partial charge in [-0.05, 0) is 55.0 Å². The standard InChI is InChI=1S/C20H18ClF6N3O2S2/c1-12-2-3-15(11-17(12)21)28-18(33)29-4-6-30(7-5-29)34(31,32)16-9-13(19(22,23)24)8-14(10-16)20(25,26)27/h2-3,8-11H,4-7H2,1H3,(H,28,33). The van der Waals surface area contributed by atoms with Crippen LogP contribution in [0.2, 0.25) is 5.02 Å². The third-order valence-electron chi connectivity index (χ3n) is 5.15. The van der Waals surface area contributed by atoms with Crippen LogP contribution in [0, 0.1) is 6.92 Å². The van der Waals surface area contributed by atoms with Gasteiger partial charge >= 0.3 is 12.4 Å². The van der Waals surface area contributed by atoms with Crippen LogP contribution in [0.5, 0.6) is 0 Å². The van der Waals surface area contributed by atoms with Gasteiger partial charge in [0, 0.05) is 36.9 Å². The average Bonchev–Trinajstić information content (AvgIpc) is 2.75. The Morgan fingerprint density at radius 1 is 0.941 bits per heavy atom. The van der Waals surface area contributed by atoms with Crippen molar-refractivity contribution in [1.29, 1.82) is 0 Å². The van der Waals surface area contributed by atoms with E-state index in [-0.39, 0.29) is 49.5 Å². The number of sulfonamides is 1. The summed E-state index contributed by atoms with van der Waals surface area (Å²) in [7, 11) is -4.62. The molecule has 0 spiro atoms. The van der Waals surface area contributed by atoms with Gasteiger partial charge in [-0.1, -0.05) is 17.7 Å². The summed E-state index contributed by atoms with van der Waals surface area (Å²) >= 11 is 11.4. The van der Waals surface area contributed by atoms with E-state index in [1.807, 2.05) is 6.92 Å². The highest BCUT2D eigenvalue weighted by Crippen LogP contribution is 2.38. The Morgan fingerprint density at radius 3 is 1.94 bits per heavy atom. The van der Waals surface area contributed by atoms with E-state index in [0.29, 0.717) is 10.7 Å². The van der Waals surface area contributed by atoms with Crippen molar-refractivity contribution in [3.63, 3.8) is 0 Å². The van der Waals surface area contributed by atoms with Crippen LogP contribution < -0.4 is 5.32 Å². The first-order chi connectivity index (χ1) is 15.6. The van der Waals surface area contributed by atoms with Crippen molar-refractivity contribution in [3.05, 3.63) is 58.1 Å². The largest absolute Gasteiger partial charge is 0.416 e. The summed E-state index contributed by atoms with van der Waals surface area (Å²) in [5.74, 6) is 0. The Morgan fingerprint density at radius 2 is 1.47 bits per heavy atom. The molecule has 1 aliphatic rings. The minimum atomic E-state index is -5.15. The van der Waals surface area contributed by atoms with Crippen molar-refractivity contribution in [3.8, 4) is 0 Å². The number of piperazine rings is 1. The van der Waals surface area contributed by atoms with Gasteiger partial charge in [-0.3, -0.25) is 0 Å². The van der Waals surface area contributed by atoms with Crippen molar-refractivity contribution < 1.29 is 34.8 Å². The maximum atomic E-state index is 13.1. The van der Waals surface area contributed by atoms with Crippen molar-refractivity contribution in [2.75, 3.05) is 31.5 Å². The molecule has 0 aromatic heterocycles. The highest BCUT2D eigenvalue weighted by molar-refractivity contribution is 7.89. The van der Waals surface area contributed by atoms with Gasteiger partial charge in [0.05, 0.1) is 16.0 Å². The number of aryl methyl sites for hydroxylation is 1. The minimum absolute atomic E-state index is 0.0791. The quantitative estimate of drug-likeness (QED) is 0.414. The molecule has 2 aromatic carbocycles. The highest BCUT2D eigenvalue weighted by Gasteiger charge is 2.39. The van der Waals surface area contributed by atoms with Gasteiger partial charge < -0.3 is 10.2 Å². The van der Waals surface area contributed by atoms with Crippen LogP contribution in [0.3, 0.4) is 0 Å². The second kappa shape index (κ2) is 9.51. The first-order valence-electron chi connectivity index (χ1n) is 9.71. The average molecular weight is 546 g/mol. The van der Waals surface area contributed by atoms with E-state index in [9.17, 15) is 34.8 Å². The van der Waals surface area contributed by atoms with Crippen LogP contribution in [-0.4, -0.2) is 48.9 Å². The smallest absolute Gasteiger partial charge is 0.346 e. The number of rotatable bonds is 3. The molecule has 34 heavy (non-hydrogen) atoms. The molecule has 0 atom stereocenters. The van der Waals surface area contributed by atoms with Crippen molar-refractivity contribution in [1.82, 2.24) is 9.21 Å². The molecule has 0 aliphatic carbocycles. The Kier molecular flexibility index (Phi) is 7.42. The number of hydrogen-bond acceptors (Lipinski definition) is 3. The number of halogens is 7. The summed E-state index contributed by atoms with van der Waals surface area (Å²) in [6.45, 7) is 1.62. The molecule has 1 aliphatic heterocycles. The summed E-state index contributed by atoms with van der Waals surface area (Å²) in [6.07, 6.45) is -10.3. The first-order valence-corrected chi connectivity index (χ1v) is 11.9. The summed E-state index contributed by atoms with van der Waals surface area (Å²) in [4.78, 5) is 0.570. The molecule has 2 aromatic rings. The maximum Gasteiger partial charge on any atom is 0.416 e. The van der Waals surface area contributed by atoms with Crippen LogP contribution in [0.4, 0.5) is 32.0 Å². The monoisotopic (exact) mass is 545 g/mol. The Balaban J connectivity index is 1.77. The van der Waals surface area contributed by atoms with Gasteiger partial charge in [-0.25, -0.2) is 8.42 Å². The van der Waals surface area contributed by atoms with Gasteiger partial charge in [-0.2, -0.15) is 30.6 Å². The van der Waals surface area contributed by atoms with Crippen molar-refractivity contribution in [2.45, 2.75) is 24.2 Å². The van der Waals surface area contributed by atoms with Crippen LogP contribution >= 0.6 is 23.8 Å². The van der Waals surface area contributed by atoms with Crippen molar-refractivity contribution >= 4 is 44.6 Å². The second-order valence-electron chi connectivity index (χ2n) is 7.53. The molecule has 0 amide bonds. The van der Waals surface area contributed by atoms with E-state index in [1.165, 1.54) is 0 Å². The molecule has 1 heterocycles. The number of hydrogen-bond donors (Lipinski definition) is 1. The van der Waals surface area contributed by atoms with Gasteiger partial charge in [0.25, 0.3) is 0 Å². The third kappa shape index (κ3) is 5.93. The van der Waals surface area contributed by atoms with Crippen LogP contribution in [0.25, 0.3) is 0 Å². The minimum Gasteiger partial charge on any atom is -0.346 e. The molecular weight excluding hydrogens is 528 g/mol. The summed E-state index contributed by atoms with van der Waals surface area (Å²) < 4.78 is 105. The molecule has 3 rings (SSSR count). The lowest BCUT2D eigenvalue weighted by molar-refractivity contribution is -0.143. The zero-order chi connectivity index (χ0) is 25.5. The lowest BCUT2D eigenvalue weighted by Gasteiger charge is -2.35. The van der Waals surface area contributed by atoms with Crippen molar-refractivity contribution in [2.24, 2.45) is 0 Å². The Hall–Kier alpha value is -2.09. The summed E-state index contributed by atoms with van der Waals surface area (Å²) in [5.41, 5.74) is -1.91. The van der Waals surface area contributed by atoms with Gasteiger partial charge in [0.2, 0.25) is 10.0 Å². The molecule has 0 saturated carbocycles. The molecule has 1 saturated heterocycles. The number of thiocarbonyl (C=S) groups is 1. The van der Waals surface area contributed by atoms with E-state index >= 15 is 0 Å². The summed E-state index contributed by atoms with van der Waals surface area (Å²) in [6, 6.07) is 5.50. The van der Waals surface area contributed by atoms with Gasteiger partial charge in [0.1, 0.15) is 0 Å². The van der Waals surface area contributed by atoms with E-state index in [2.05, 4.69) is 5.32 Å². The molecule has 0 bridgehead atoms. The third-order valence-corrected chi connectivity index (χ3v) is 7.79. The van der Waals surface area contributed by atoms with E-state index in [1.54, 1.807) is 23.1 Å². The molecular formula is C20H18ClF6N3O2S2. The zero-order valence-corrected chi connectivity index (χ0v) is 19.9. The van der Waals surface area contributed by atoms with E-state index in [0.717, 1.165) is 9.87 Å². The predicted octanol–water partition coefficient (Wildman–Crippen LogP) is 5.39. The summed E-state index contributed by atoms with van der Waals surface area (Å²) in [5, 5.41) is 3.76. The van der Waals surface area contributed by atoms with E-state index in [4.69, 9.17) is 23.8 Å². The fourth-order valence-corrected chi connectivity index (χ4v) is 5.20. The molecule has 5 nitrogen and oxygen atoms in total. The lowest BCUT2D eigenvalue weighted by atomic mass is 10.1. The zero-order valence-electron chi connectivity index (χ0n) is 17.5. The van der Waals surface area contributed by atoms with Crippen LogP contribution in [0.15, 0.2) is 41.3 Å². The van der Waals surface area contributed by atoms with Gasteiger partial charge in [0.15, 0.2) is 5.11 Å². The molecule has 14 heteroatoms. The molecule has 1 N–H and O–H groups in total. The number of nitrogens with zero attached hydrogens (tertiary/aromatic N) is 2. The highest BCUT2D eigenvalue weighted by atomic mass is 35.5.